The van der Waals surface area contributed by atoms with Crippen LogP contribution in [0, 0.1) is 11.8 Å². The maximum Gasteiger partial charge on any atom is 0.137 e. The van der Waals surface area contributed by atoms with Gasteiger partial charge in [-0.15, -0.1) is 0 Å². The van der Waals surface area contributed by atoms with Crippen molar-refractivity contribution in [2.24, 2.45) is 11.8 Å². The summed E-state index contributed by atoms with van der Waals surface area (Å²) in [5.74, 6) is 0.256. The lowest BCUT2D eigenvalue weighted by molar-refractivity contribution is -0.131. The van der Waals surface area contributed by atoms with E-state index in [2.05, 4.69) is 0 Å². The van der Waals surface area contributed by atoms with E-state index in [9.17, 15) is 4.79 Å². The van der Waals surface area contributed by atoms with Gasteiger partial charge in [-0.05, 0) is 0 Å². The minimum absolute atomic E-state index is 0.0185. The molecule has 1 nitrogen and oxygen atoms in total. The van der Waals surface area contributed by atoms with Gasteiger partial charge in [0.1, 0.15) is 10.3 Å². The third-order valence-corrected chi connectivity index (χ3v) is 3.11. The number of hydrogen-bond acceptors (Lipinski definition) is 1. The van der Waals surface area contributed by atoms with Crippen LogP contribution in [0.4, 0.5) is 0 Å². The Bertz CT molecular complexity index is 218. The van der Waals surface area contributed by atoms with E-state index in [4.69, 9.17) is 34.8 Å². The molecule has 0 aromatic carbocycles. The predicted octanol–water partition coefficient (Wildman–Crippen LogP) is 3.10. The molecule has 1 aliphatic carbocycles. The molecule has 4 heteroatoms. The summed E-state index contributed by atoms with van der Waals surface area (Å²) < 4.78 is 0.0796. The van der Waals surface area contributed by atoms with Crippen molar-refractivity contribution >= 4 is 40.6 Å². The highest BCUT2D eigenvalue weighted by Crippen LogP contribution is 2.40. The Kier molecular flexibility index (Phi) is 2.84. The second-order valence-electron chi connectivity index (χ2n) is 2.67. The van der Waals surface area contributed by atoms with Gasteiger partial charge in [-0.25, -0.2) is 0 Å². The molecule has 0 aromatic rings. The molecule has 2 atom stereocenters. The van der Waals surface area contributed by atoms with Crippen molar-refractivity contribution in [3.05, 3.63) is 9.52 Å². The van der Waals surface area contributed by atoms with E-state index in [0.29, 0.717) is 11.5 Å². The van der Waals surface area contributed by atoms with E-state index < -0.39 is 0 Å². The molecule has 0 bridgehead atoms. The molecular formula is C7H7Cl3O. The van der Waals surface area contributed by atoms with E-state index in [1.807, 2.05) is 6.92 Å². The first-order chi connectivity index (χ1) is 5.04. The molecule has 11 heavy (non-hydrogen) atoms. The van der Waals surface area contributed by atoms with Crippen LogP contribution in [0.3, 0.4) is 0 Å². The van der Waals surface area contributed by atoms with Crippen molar-refractivity contribution in [3.8, 4) is 0 Å². The van der Waals surface area contributed by atoms with E-state index in [0.717, 1.165) is 0 Å². The van der Waals surface area contributed by atoms with Gasteiger partial charge in [-0.2, -0.15) is 0 Å². The number of halogens is 3. The number of rotatable bonds is 1. The summed E-state index contributed by atoms with van der Waals surface area (Å²) in [5, 5.41) is 0.417. The molecule has 0 heterocycles. The fourth-order valence-electron chi connectivity index (χ4n) is 1.09. The Morgan fingerprint density at radius 1 is 1.45 bits per heavy atom. The number of allylic oxidation sites excluding steroid dienone is 1. The first-order valence-electron chi connectivity index (χ1n) is 3.27. The van der Waals surface area contributed by atoms with Crippen LogP contribution in [0.2, 0.25) is 0 Å². The second kappa shape index (κ2) is 3.34. The molecule has 2 unspecified atom stereocenters. The molecule has 0 spiro atoms. The molecule has 0 saturated heterocycles. The topological polar surface area (TPSA) is 17.1 Å². The predicted molar refractivity (Wildman–Crippen MR) is 46.9 cm³/mol. The Labute approximate surface area is 80.3 Å². The zero-order valence-corrected chi connectivity index (χ0v) is 8.17. The zero-order valence-electron chi connectivity index (χ0n) is 5.90. The van der Waals surface area contributed by atoms with Crippen molar-refractivity contribution in [1.82, 2.24) is 0 Å². The van der Waals surface area contributed by atoms with Crippen molar-refractivity contribution in [3.63, 3.8) is 0 Å². The number of ketones is 1. The zero-order chi connectivity index (χ0) is 8.59. The fourth-order valence-corrected chi connectivity index (χ4v) is 1.64. The van der Waals surface area contributed by atoms with E-state index in [1.165, 1.54) is 0 Å². The lowest BCUT2D eigenvalue weighted by atomic mass is 9.74. The molecule has 0 amide bonds. The van der Waals surface area contributed by atoms with Gasteiger partial charge in [0, 0.05) is 18.3 Å². The summed E-state index contributed by atoms with van der Waals surface area (Å²) >= 11 is 16.6. The molecule has 62 valence electrons. The standard InChI is InChI=1S/C7H7Cl3O/c1-3-4(2-5(3)11)6(8)7(9)10/h3-4H,2H2,1H3. The lowest BCUT2D eigenvalue weighted by Crippen LogP contribution is -2.35. The van der Waals surface area contributed by atoms with Gasteiger partial charge >= 0.3 is 0 Å². The fraction of sp³-hybridized carbons (Fsp3) is 0.571. The Balaban J connectivity index is 2.67. The third-order valence-electron chi connectivity index (χ3n) is 2.04. The number of carbonyl (C=O) groups is 1. The normalized spacial score (nSPS) is 29.6. The SMILES string of the molecule is CC1C(=O)CC1C(Cl)=C(Cl)Cl. The second-order valence-corrected chi connectivity index (χ2v) is 4.03. The van der Waals surface area contributed by atoms with Gasteiger partial charge in [-0.3, -0.25) is 4.79 Å². The van der Waals surface area contributed by atoms with Crippen molar-refractivity contribution in [2.75, 3.05) is 0 Å². The third kappa shape index (κ3) is 1.71. The maximum absolute atomic E-state index is 10.8. The Morgan fingerprint density at radius 3 is 2.27 bits per heavy atom. The molecule has 1 saturated carbocycles. The molecule has 1 rings (SSSR count). The van der Waals surface area contributed by atoms with Crippen LogP contribution < -0.4 is 0 Å². The highest BCUT2D eigenvalue weighted by Gasteiger charge is 2.38. The summed E-state index contributed by atoms with van der Waals surface area (Å²) in [6, 6.07) is 0. The summed E-state index contributed by atoms with van der Waals surface area (Å²) in [5.41, 5.74) is 0. The molecule has 0 aromatic heterocycles. The maximum atomic E-state index is 10.8. The highest BCUT2D eigenvalue weighted by atomic mass is 35.5. The number of hydrogen-bond donors (Lipinski definition) is 0. The molecule has 0 radical (unpaired) electrons. The summed E-state index contributed by atoms with van der Waals surface area (Å²) in [4.78, 5) is 10.8. The van der Waals surface area contributed by atoms with Gasteiger partial charge in [0.25, 0.3) is 0 Å². The minimum atomic E-state index is -0.0185. The molecule has 0 aliphatic heterocycles. The molecule has 1 aliphatic rings. The van der Waals surface area contributed by atoms with Crippen LogP contribution in [0.25, 0.3) is 0 Å². The Morgan fingerprint density at radius 2 is 2.00 bits per heavy atom. The lowest BCUT2D eigenvalue weighted by Gasteiger charge is -2.31. The number of carbonyl (C=O) groups excluding carboxylic acids is 1. The van der Waals surface area contributed by atoms with Crippen LogP contribution >= 0.6 is 34.8 Å². The average Bonchev–Trinajstić information content (AvgIpc) is 1.98. The monoisotopic (exact) mass is 212 g/mol. The first kappa shape index (κ1) is 9.37. The van der Waals surface area contributed by atoms with Crippen molar-refractivity contribution in [1.29, 1.82) is 0 Å². The molecular weight excluding hydrogens is 206 g/mol. The van der Waals surface area contributed by atoms with Crippen LogP contribution in [-0.2, 0) is 4.79 Å². The van der Waals surface area contributed by atoms with Crippen LogP contribution in [0.1, 0.15) is 13.3 Å². The van der Waals surface area contributed by atoms with E-state index >= 15 is 0 Å². The van der Waals surface area contributed by atoms with Crippen molar-refractivity contribution in [2.45, 2.75) is 13.3 Å². The van der Waals surface area contributed by atoms with Gasteiger partial charge in [0.15, 0.2) is 0 Å². The average molecular weight is 213 g/mol. The van der Waals surface area contributed by atoms with Crippen LogP contribution in [0.15, 0.2) is 9.52 Å². The van der Waals surface area contributed by atoms with E-state index in [-0.39, 0.29) is 22.1 Å². The van der Waals surface area contributed by atoms with Crippen LogP contribution in [0.5, 0.6) is 0 Å². The largest absolute Gasteiger partial charge is 0.299 e. The molecule has 1 fully saturated rings. The van der Waals surface area contributed by atoms with Crippen molar-refractivity contribution < 1.29 is 4.79 Å². The van der Waals surface area contributed by atoms with Crippen LogP contribution in [-0.4, -0.2) is 5.78 Å². The first-order valence-corrected chi connectivity index (χ1v) is 4.40. The molecule has 0 N–H and O–H groups in total. The quantitative estimate of drug-likeness (QED) is 0.654. The van der Waals surface area contributed by atoms with Gasteiger partial charge < -0.3 is 0 Å². The van der Waals surface area contributed by atoms with Gasteiger partial charge in [0.2, 0.25) is 0 Å². The Hall–Kier alpha value is 0.280. The smallest absolute Gasteiger partial charge is 0.137 e. The van der Waals surface area contributed by atoms with Gasteiger partial charge in [0.05, 0.1) is 5.03 Å². The minimum Gasteiger partial charge on any atom is -0.299 e. The number of Topliss-reactive ketones (excluding diaryl/α,β-unsaturated/α-hetero) is 1. The summed E-state index contributed by atoms with van der Waals surface area (Å²) in [6.07, 6.45) is 0.475. The summed E-state index contributed by atoms with van der Waals surface area (Å²) in [6.45, 7) is 1.83. The van der Waals surface area contributed by atoms with E-state index in [1.54, 1.807) is 0 Å². The van der Waals surface area contributed by atoms with Gasteiger partial charge in [-0.1, -0.05) is 41.7 Å². The highest BCUT2D eigenvalue weighted by molar-refractivity contribution is 6.59. The summed E-state index contributed by atoms with van der Waals surface area (Å²) in [7, 11) is 0.